The first-order valence-corrected chi connectivity index (χ1v) is 9.26. The predicted molar refractivity (Wildman–Crippen MR) is 106 cm³/mol. The van der Waals surface area contributed by atoms with Crippen molar-refractivity contribution >= 4 is 35.1 Å². The van der Waals surface area contributed by atoms with Crippen LogP contribution in [0.3, 0.4) is 0 Å². The van der Waals surface area contributed by atoms with E-state index in [4.69, 9.17) is 4.74 Å². The van der Waals surface area contributed by atoms with Crippen LogP contribution < -0.4 is 15.4 Å². The minimum Gasteiger partial charge on any atom is -0.495 e. The van der Waals surface area contributed by atoms with Crippen LogP contribution in [-0.4, -0.2) is 37.3 Å². The molecule has 3 amide bonds. The third-order valence-electron chi connectivity index (χ3n) is 3.69. The fraction of sp³-hybridized carbons (Fsp3) is 0.263. The van der Waals surface area contributed by atoms with Gasteiger partial charge in [-0.1, -0.05) is 12.1 Å². The lowest BCUT2D eigenvalue weighted by molar-refractivity contribution is -0.114. The number of ether oxygens (including phenoxy) is 1. The number of benzene rings is 2. The quantitative estimate of drug-likeness (QED) is 0.750. The van der Waals surface area contributed by atoms with E-state index in [-0.39, 0.29) is 11.9 Å². The van der Waals surface area contributed by atoms with Gasteiger partial charge in [0.25, 0.3) is 0 Å². The molecule has 138 valence electrons. The highest BCUT2D eigenvalue weighted by Crippen LogP contribution is 2.28. The molecule has 2 N–H and O–H groups in total. The van der Waals surface area contributed by atoms with Crippen LogP contribution in [0.5, 0.6) is 5.75 Å². The molecule has 0 heterocycles. The standard InChI is InChI=1S/C19H23N3O3S/c1-13(23)20-15-7-10-18(25-3)17(11-15)21-19(24)22(2)12-14-5-8-16(26-4)9-6-14/h5-11H,12H2,1-4H3,(H,20,23)(H,21,24). The van der Waals surface area contributed by atoms with Crippen molar-refractivity contribution in [1.29, 1.82) is 0 Å². The number of nitrogens with zero attached hydrogens (tertiary/aromatic N) is 1. The molecule has 0 saturated carbocycles. The lowest BCUT2D eigenvalue weighted by atomic mass is 10.2. The molecule has 0 atom stereocenters. The van der Waals surface area contributed by atoms with Crippen LogP contribution in [0.25, 0.3) is 0 Å². The second kappa shape index (κ2) is 9.15. The number of urea groups is 1. The number of methoxy groups -OCH3 is 1. The molecule has 2 aromatic rings. The van der Waals surface area contributed by atoms with Gasteiger partial charge < -0.3 is 20.3 Å². The molecule has 0 aliphatic rings. The zero-order chi connectivity index (χ0) is 19.1. The molecule has 0 radical (unpaired) electrons. The van der Waals surface area contributed by atoms with Gasteiger partial charge in [0.15, 0.2) is 0 Å². The van der Waals surface area contributed by atoms with Crippen molar-refractivity contribution in [1.82, 2.24) is 4.90 Å². The summed E-state index contributed by atoms with van der Waals surface area (Å²) in [6.07, 6.45) is 2.02. The molecule has 26 heavy (non-hydrogen) atoms. The smallest absolute Gasteiger partial charge is 0.321 e. The van der Waals surface area contributed by atoms with E-state index >= 15 is 0 Å². The Kier molecular flexibility index (Phi) is 6.91. The minimum absolute atomic E-state index is 0.182. The van der Waals surface area contributed by atoms with Gasteiger partial charge in [0, 0.05) is 31.1 Å². The van der Waals surface area contributed by atoms with E-state index < -0.39 is 0 Å². The molecule has 0 spiro atoms. The summed E-state index contributed by atoms with van der Waals surface area (Å²) < 4.78 is 5.28. The molecule has 0 aliphatic heterocycles. The summed E-state index contributed by atoms with van der Waals surface area (Å²) in [6.45, 7) is 1.91. The molecule has 2 aromatic carbocycles. The minimum atomic E-state index is -0.266. The van der Waals surface area contributed by atoms with Crippen LogP contribution in [0, 0.1) is 0 Å². The van der Waals surface area contributed by atoms with E-state index in [0.29, 0.717) is 23.7 Å². The molecule has 0 fully saturated rings. The van der Waals surface area contributed by atoms with Crippen molar-refractivity contribution in [2.45, 2.75) is 18.4 Å². The first kappa shape index (κ1) is 19.7. The van der Waals surface area contributed by atoms with Crippen LogP contribution in [0.2, 0.25) is 0 Å². The Hall–Kier alpha value is -2.67. The first-order chi connectivity index (χ1) is 12.4. The summed E-state index contributed by atoms with van der Waals surface area (Å²) >= 11 is 1.68. The van der Waals surface area contributed by atoms with Gasteiger partial charge in [0.2, 0.25) is 5.91 Å². The Morgan fingerprint density at radius 3 is 2.38 bits per heavy atom. The van der Waals surface area contributed by atoms with Gasteiger partial charge >= 0.3 is 6.03 Å². The lowest BCUT2D eigenvalue weighted by Gasteiger charge is -2.19. The maximum atomic E-state index is 12.5. The number of hydrogen-bond donors (Lipinski definition) is 2. The Bertz CT molecular complexity index is 778. The van der Waals surface area contributed by atoms with E-state index in [1.54, 1.807) is 41.9 Å². The fourth-order valence-corrected chi connectivity index (χ4v) is 2.78. The number of carbonyl (C=O) groups is 2. The monoisotopic (exact) mass is 373 g/mol. The Labute approximate surface area is 157 Å². The van der Waals surface area contributed by atoms with Crippen LogP contribution in [0.4, 0.5) is 16.2 Å². The summed E-state index contributed by atoms with van der Waals surface area (Å²) in [5, 5.41) is 5.51. The number of hydrogen-bond acceptors (Lipinski definition) is 4. The molecular formula is C19H23N3O3S. The molecule has 2 rings (SSSR count). The van der Waals surface area contributed by atoms with E-state index in [2.05, 4.69) is 10.6 Å². The van der Waals surface area contributed by atoms with Gasteiger partial charge in [0.1, 0.15) is 5.75 Å². The number of rotatable bonds is 6. The van der Waals surface area contributed by atoms with Gasteiger partial charge in [-0.05, 0) is 42.2 Å². The normalized spacial score (nSPS) is 10.2. The Morgan fingerprint density at radius 2 is 1.81 bits per heavy atom. The second-order valence-corrected chi connectivity index (χ2v) is 6.61. The number of anilines is 2. The molecule has 0 aromatic heterocycles. The first-order valence-electron chi connectivity index (χ1n) is 8.03. The van der Waals surface area contributed by atoms with Gasteiger partial charge in [-0.15, -0.1) is 11.8 Å². The average Bonchev–Trinajstić information content (AvgIpc) is 2.62. The maximum Gasteiger partial charge on any atom is 0.321 e. The van der Waals surface area contributed by atoms with Crippen LogP contribution in [0.1, 0.15) is 12.5 Å². The van der Waals surface area contributed by atoms with Crippen LogP contribution >= 0.6 is 11.8 Å². The zero-order valence-corrected chi connectivity index (χ0v) is 16.1. The second-order valence-electron chi connectivity index (χ2n) is 5.73. The van der Waals surface area contributed by atoms with Gasteiger partial charge in [0.05, 0.1) is 12.8 Å². The Morgan fingerprint density at radius 1 is 1.12 bits per heavy atom. The SMILES string of the molecule is COc1ccc(NC(C)=O)cc1NC(=O)N(C)Cc1ccc(SC)cc1. The number of carbonyl (C=O) groups excluding carboxylic acids is 2. The molecule has 0 bridgehead atoms. The van der Waals surface area contributed by atoms with E-state index in [0.717, 1.165) is 5.56 Å². The van der Waals surface area contributed by atoms with Gasteiger partial charge in [-0.3, -0.25) is 4.79 Å². The van der Waals surface area contributed by atoms with E-state index in [9.17, 15) is 9.59 Å². The van der Waals surface area contributed by atoms with Crippen LogP contribution in [-0.2, 0) is 11.3 Å². The fourth-order valence-electron chi connectivity index (χ4n) is 2.37. The van der Waals surface area contributed by atoms with Crippen molar-refractivity contribution < 1.29 is 14.3 Å². The van der Waals surface area contributed by atoms with Gasteiger partial charge in [-0.2, -0.15) is 0 Å². The average molecular weight is 373 g/mol. The van der Waals surface area contributed by atoms with Gasteiger partial charge in [-0.25, -0.2) is 4.79 Å². The molecule has 7 heteroatoms. The highest BCUT2D eigenvalue weighted by atomic mass is 32.2. The lowest BCUT2D eigenvalue weighted by Crippen LogP contribution is -2.31. The maximum absolute atomic E-state index is 12.5. The highest BCUT2D eigenvalue weighted by molar-refractivity contribution is 7.98. The number of nitrogens with one attached hydrogen (secondary N) is 2. The van der Waals surface area contributed by atoms with Crippen molar-refractivity contribution in [2.24, 2.45) is 0 Å². The predicted octanol–water partition coefficient (Wildman–Crippen LogP) is 4.04. The molecule has 6 nitrogen and oxygen atoms in total. The highest BCUT2D eigenvalue weighted by Gasteiger charge is 2.13. The summed E-state index contributed by atoms with van der Waals surface area (Å²) in [6, 6.07) is 12.9. The van der Waals surface area contributed by atoms with E-state index in [1.165, 1.54) is 18.9 Å². The van der Waals surface area contributed by atoms with Crippen LogP contribution in [0.15, 0.2) is 47.4 Å². The molecule has 0 saturated heterocycles. The van der Waals surface area contributed by atoms with E-state index in [1.807, 2.05) is 30.5 Å². The number of amides is 3. The third-order valence-corrected chi connectivity index (χ3v) is 4.43. The summed E-state index contributed by atoms with van der Waals surface area (Å²) in [4.78, 5) is 26.5. The largest absolute Gasteiger partial charge is 0.495 e. The zero-order valence-electron chi connectivity index (χ0n) is 15.3. The molecule has 0 unspecified atom stereocenters. The summed E-state index contributed by atoms with van der Waals surface area (Å²) in [5.41, 5.74) is 2.12. The number of thioether (sulfide) groups is 1. The van der Waals surface area contributed by atoms with Crippen molar-refractivity contribution in [3.8, 4) is 5.75 Å². The molecule has 0 aliphatic carbocycles. The van der Waals surface area contributed by atoms with Crippen molar-refractivity contribution in [2.75, 3.05) is 31.0 Å². The topological polar surface area (TPSA) is 70.7 Å². The molecular weight excluding hydrogens is 350 g/mol. The Balaban J connectivity index is 2.08. The third kappa shape index (κ3) is 5.42. The summed E-state index contributed by atoms with van der Waals surface area (Å²) in [5.74, 6) is 0.337. The van der Waals surface area contributed by atoms with Crippen molar-refractivity contribution in [3.63, 3.8) is 0 Å². The summed E-state index contributed by atoms with van der Waals surface area (Å²) in [7, 11) is 3.25. The van der Waals surface area contributed by atoms with Crippen molar-refractivity contribution in [3.05, 3.63) is 48.0 Å².